The molecule has 0 aliphatic heterocycles. The van der Waals surface area contributed by atoms with Crippen LogP contribution >= 0.6 is 0 Å². The summed E-state index contributed by atoms with van der Waals surface area (Å²) in [6, 6.07) is 7.71. The number of fused-ring (bicyclic) bond motifs is 1. The lowest BCUT2D eigenvalue weighted by atomic mass is 9.83. The van der Waals surface area contributed by atoms with Crippen molar-refractivity contribution in [1.29, 1.82) is 0 Å². The van der Waals surface area contributed by atoms with E-state index in [0.29, 0.717) is 12.8 Å². The summed E-state index contributed by atoms with van der Waals surface area (Å²) in [5.74, 6) is -1.07. The number of hydrogen-bond acceptors (Lipinski definition) is 3. The van der Waals surface area contributed by atoms with Gasteiger partial charge in [-0.25, -0.2) is 0 Å². The zero-order valence-corrected chi connectivity index (χ0v) is 8.53. The molecule has 3 heteroatoms. The Bertz CT molecular complexity index is 409. The Labute approximate surface area is 88.1 Å². The first-order chi connectivity index (χ1) is 7.22. The summed E-state index contributed by atoms with van der Waals surface area (Å²) >= 11 is 0. The second-order valence-corrected chi connectivity index (χ2v) is 3.69. The van der Waals surface area contributed by atoms with E-state index in [0.717, 1.165) is 11.1 Å². The minimum atomic E-state index is -0.607. The third-order valence-corrected chi connectivity index (χ3v) is 2.78. The smallest absolute Gasteiger partial charge is 0.316 e. The van der Waals surface area contributed by atoms with Gasteiger partial charge < -0.3 is 4.74 Å². The standard InChI is InChI=1S/C12H12O3/c1-15-12(14)10-6-8-4-2-3-5-9(8)7-11(10)13/h2-5,10H,6-7H2,1H3/t10-/m1/s1. The van der Waals surface area contributed by atoms with Crippen molar-refractivity contribution in [2.24, 2.45) is 5.92 Å². The fraction of sp³-hybridized carbons (Fsp3) is 0.333. The zero-order valence-electron chi connectivity index (χ0n) is 8.53. The first-order valence-electron chi connectivity index (χ1n) is 4.89. The second kappa shape index (κ2) is 3.85. The number of ketones is 1. The molecule has 0 saturated heterocycles. The van der Waals surface area contributed by atoms with Crippen molar-refractivity contribution in [1.82, 2.24) is 0 Å². The van der Waals surface area contributed by atoms with Crippen LogP contribution in [0.5, 0.6) is 0 Å². The van der Waals surface area contributed by atoms with Gasteiger partial charge in [-0.15, -0.1) is 0 Å². The van der Waals surface area contributed by atoms with Crippen molar-refractivity contribution in [3.8, 4) is 0 Å². The number of benzene rings is 1. The van der Waals surface area contributed by atoms with Crippen LogP contribution in [0.4, 0.5) is 0 Å². The van der Waals surface area contributed by atoms with Crippen LogP contribution in [0, 0.1) is 5.92 Å². The van der Waals surface area contributed by atoms with Crippen LogP contribution in [0.15, 0.2) is 24.3 Å². The highest BCUT2D eigenvalue weighted by molar-refractivity contribution is 6.01. The molecule has 1 aliphatic carbocycles. The summed E-state index contributed by atoms with van der Waals surface area (Å²) in [6.07, 6.45) is 0.817. The molecule has 0 heterocycles. The number of carbonyl (C=O) groups excluding carboxylic acids is 2. The van der Waals surface area contributed by atoms with Gasteiger partial charge in [0, 0.05) is 6.42 Å². The molecule has 0 bridgehead atoms. The first-order valence-corrected chi connectivity index (χ1v) is 4.89. The lowest BCUT2D eigenvalue weighted by molar-refractivity contribution is -0.149. The van der Waals surface area contributed by atoms with E-state index in [1.165, 1.54) is 7.11 Å². The summed E-state index contributed by atoms with van der Waals surface area (Å²) in [5.41, 5.74) is 2.11. The Kier molecular flexibility index (Phi) is 2.54. The number of hydrogen-bond donors (Lipinski definition) is 0. The molecule has 15 heavy (non-hydrogen) atoms. The van der Waals surface area contributed by atoms with E-state index in [2.05, 4.69) is 4.74 Å². The van der Waals surface area contributed by atoms with Crippen LogP contribution in [0.3, 0.4) is 0 Å². The molecule has 0 spiro atoms. The number of Topliss-reactive ketones (excluding diaryl/α,β-unsaturated/α-hetero) is 1. The van der Waals surface area contributed by atoms with Crippen molar-refractivity contribution in [3.63, 3.8) is 0 Å². The van der Waals surface area contributed by atoms with Gasteiger partial charge in [-0.3, -0.25) is 9.59 Å². The number of ether oxygens (including phenoxy) is 1. The number of esters is 1. The average molecular weight is 204 g/mol. The quantitative estimate of drug-likeness (QED) is 0.509. The van der Waals surface area contributed by atoms with E-state index in [-0.39, 0.29) is 5.78 Å². The van der Waals surface area contributed by atoms with Crippen molar-refractivity contribution in [2.75, 3.05) is 7.11 Å². The van der Waals surface area contributed by atoms with Crippen LogP contribution in [0.1, 0.15) is 11.1 Å². The van der Waals surface area contributed by atoms with Crippen molar-refractivity contribution in [3.05, 3.63) is 35.4 Å². The third-order valence-electron chi connectivity index (χ3n) is 2.78. The van der Waals surface area contributed by atoms with Gasteiger partial charge in [-0.1, -0.05) is 24.3 Å². The fourth-order valence-electron chi connectivity index (χ4n) is 1.93. The molecule has 1 aromatic carbocycles. The summed E-state index contributed by atoms with van der Waals surface area (Å²) in [5, 5.41) is 0. The van der Waals surface area contributed by atoms with Crippen LogP contribution in [-0.2, 0) is 27.2 Å². The molecule has 0 radical (unpaired) electrons. The molecule has 0 saturated carbocycles. The van der Waals surface area contributed by atoms with E-state index < -0.39 is 11.9 Å². The third kappa shape index (κ3) is 1.77. The lowest BCUT2D eigenvalue weighted by Gasteiger charge is -2.21. The van der Waals surface area contributed by atoms with Crippen molar-refractivity contribution < 1.29 is 14.3 Å². The normalized spacial score (nSPS) is 19.5. The van der Waals surface area contributed by atoms with Gasteiger partial charge in [0.1, 0.15) is 5.92 Å². The summed E-state index contributed by atoms with van der Waals surface area (Å²) in [6.45, 7) is 0. The molecule has 3 nitrogen and oxygen atoms in total. The van der Waals surface area contributed by atoms with Gasteiger partial charge >= 0.3 is 5.97 Å². The van der Waals surface area contributed by atoms with E-state index in [9.17, 15) is 9.59 Å². The highest BCUT2D eigenvalue weighted by atomic mass is 16.5. The zero-order chi connectivity index (χ0) is 10.8. The topological polar surface area (TPSA) is 43.4 Å². The van der Waals surface area contributed by atoms with Crippen molar-refractivity contribution in [2.45, 2.75) is 12.8 Å². The Balaban J connectivity index is 2.29. The number of rotatable bonds is 1. The van der Waals surface area contributed by atoms with Gasteiger partial charge in [0.15, 0.2) is 5.78 Å². The average Bonchev–Trinajstić information content (AvgIpc) is 2.27. The van der Waals surface area contributed by atoms with Crippen LogP contribution in [0.2, 0.25) is 0 Å². The Morgan fingerprint density at radius 1 is 1.33 bits per heavy atom. The maximum atomic E-state index is 11.7. The van der Waals surface area contributed by atoms with Gasteiger partial charge in [0.2, 0.25) is 0 Å². The molecule has 0 fully saturated rings. The summed E-state index contributed by atoms with van der Waals surface area (Å²) in [7, 11) is 1.32. The maximum Gasteiger partial charge on any atom is 0.316 e. The lowest BCUT2D eigenvalue weighted by Crippen LogP contribution is -2.32. The Morgan fingerprint density at radius 2 is 2.00 bits per heavy atom. The molecule has 0 aromatic heterocycles. The molecule has 1 atom stereocenters. The Hall–Kier alpha value is -1.64. The SMILES string of the molecule is COC(=O)[C@@H]1Cc2ccccc2CC1=O. The second-order valence-electron chi connectivity index (χ2n) is 3.69. The van der Waals surface area contributed by atoms with Gasteiger partial charge in [-0.05, 0) is 17.5 Å². The maximum absolute atomic E-state index is 11.7. The van der Waals surface area contributed by atoms with E-state index in [1.807, 2.05) is 24.3 Å². The number of carbonyl (C=O) groups is 2. The van der Waals surface area contributed by atoms with Gasteiger partial charge in [0.05, 0.1) is 7.11 Å². The van der Waals surface area contributed by atoms with E-state index in [1.54, 1.807) is 0 Å². The monoisotopic (exact) mass is 204 g/mol. The molecule has 1 aliphatic rings. The molecule has 0 amide bonds. The van der Waals surface area contributed by atoms with Crippen LogP contribution in [0.25, 0.3) is 0 Å². The van der Waals surface area contributed by atoms with Crippen LogP contribution in [-0.4, -0.2) is 18.9 Å². The molecule has 78 valence electrons. The van der Waals surface area contributed by atoms with E-state index >= 15 is 0 Å². The molecule has 2 rings (SSSR count). The van der Waals surface area contributed by atoms with Gasteiger partial charge in [-0.2, -0.15) is 0 Å². The predicted molar refractivity (Wildman–Crippen MR) is 54.4 cm³/mol. The van der Waals surface area contributed by atoms with E-state index in [4.69, 9.17) is 0 Å². The largest absolute Gasteiger partial charge is 0.468 e. The molecular formula is C12H12O3. The molecular weight excluding hydrogens is 192 g/mol. The molecule has 0 unspecified atom stereocenters. The number of methoxy groups -OCH3 is 1. The first kappa shape index (κ1) is 9.90. The molecule has 0 N–H and O–H groups in total. The Morgan fingerprint density at radius 3 is 2.67 bits per heavy atom. The summed E-state index contributed by atoms with van der Waals surface area (Å²) in [4.78, 5) is 23.0. The summed E-state index contributed by atoms with van der Waals surface area (Å²) < 4.78 is 4.62. The highest BCUT2D eigenvalue weighted by Crippen LogP contribution is 2.23. The highest BCUT2D eigenvalue weighted by Gasteiger charge is 2.32. The predicted octanol–water partition coefficient (Wildman–Crippen LogP) is 1.14. The minimum absolute atomic E-state index is 0.0412. The molecule has 1 aromatic rings. The van der Waals surface area contributed by atoms with Crippen LogP contribution < -0.4 is 0 Å². The van der Waals surface area contributed by atoms with Gasteiger partial charge in [0.25, 0.3) is 0 Å². The minimum Gasteiger partial charge on any atom is -0.468 e. The fourth-order valence-corrected chi connectivity index (χ4v) is 1.93. The van der Waals surface area contributed by atoms with Crippen molar-refractivity contribution >= 4 is 11.8 Å².